The van der Waals surface area contributed by atoms with Gasteiger partial charge in [0.05, 0.1) is 6.04 Å². The first-order valence-electron chi connectivity index (χ1n) is 6.13. The van der Waals surface area contributed by atoms with Crippen LogP contribution in [0.4, 0.5) is 10.1 Å². The Morgan fingerprint density at radius 1 is 1.37 bits per heavy atom. The molecule has 0 fully saturated rings. The highest BCUT2D eigenvalue weighted by Crippen LogP contribution is 2.24. The van der Waals surface area contributed by atoms with Crippen LogP contribution in [-0.4, -0.2) is 6.54 Å². The average molecular weight is 283 g/mol. The largest absolute Gasteiger partial charge is 0.464 e. The topological polar surface area (TPSA) is 51.2 Å². The zero-order chi connectivity index (χ0) is 13.8. The van der Waals surface area contributed by atoms with Crippen LogP contribution in [0, 0.1) is 5.82 Å². The molecule has 0 spiro atoms. The molecule has 0 aliphatic rings. The molecule has 1 aromatic carbocycles. The molecular formula is C14H16ClFN2O. The van der Waals surface area contributed by atoms with Gasteiger partial charge in [-0.15, -0.1) is 0 Å². The maximum Gasteiger partial charge on any atom is 0.127 e. The highest BCUT2D eigenvalue weighted by Gasteiger charge is 2.14. The third-order valence-corrected chi connectivity index (χ3v) is 3.03. The summed E-state index contributed by atoms with van der Waals surface area (Å²) in [7, 11) is 0. The molecule has 3 N–H and O–H groups in total. The number of nitrogens with one attached hydrogen (secondary N) is 1. The van der Waals surface area contributed by atoms with Crippen LogP contribution in [0.15, 0.2) is 34.7 Å². The number of halogens is 2. The van der Waals surface area contributed by atoms with E-state index in [9.17, 15) is 4.39 Å². The van der Waals surface area contributed by atoms with Gasteiger partial charge in [-0.1, -0.05) is 18.5 Å². The van der Waals surface area contributed by atoms with Crippen molar-refractivity contribution in [2.45, 2.75) is 19.4 Å². The average Bonchev–Trinajstić information content (AvgIpc) is 2.83. The van der Waals surface area contributed by atoms with Crippen molar-refractivity contribution in [1.29, 1.82) is 0 Å². The van der Waals surface area contributed by atoms with E-state index in [-0.39, 0.29) is 11.9 Å². The molecule has 0 saturated carbocycles. The van der Waals surface area contributed by atoms with Gasteiger partial charge in [0, 0.05) is 23.7 Å². The van der Waals surface area contributed by atoms with E-state index in [1.54, 1.807) is 6.07 Å². The van der Waals surface area contributed by atoms with Crippen molar-refractivity contribution in [3.63, 3.8) is 0 Å². The Labute approximate surface area is 116 Å². The van der Waals surface area contributed by atoms with E-state index >= 15 is 0 Å². The number of anilines is 1. The van der Waals surface area contributed by atoms with Gasteiger partial charge in [-0.05, 0) is 30.3 Å². The summed E-state index contributed by atoms with van der Waals surface area (Å²) in [5.41, 5.74) is 6.31. The minimum absolute atomic E-state index is 0.210. The molecule has 0 aliphatic carbocycles. The number of nitrogens with two attached hydrogens (primary N) is 1. The van der Waals surface area contributed by atoms with Gasteiger partial charge in [0.2, 0.25) is 0 Å². The lowest BCUT2D eigenvalue weighted by Crippen LogP contribution is -2.20. The quantitative estimate of drug-likeness (QED) is 0.878. The van der Waals surface area contributed by atoms with Crippen molar-refractivity contribution in [1.82, 2.24) is 0 Å². The molecular weight excluding hydrogens is 267 g/mol. The van der Waals surface area contributed by atoms with E-state index in [0.717, 1.165) is 17.9 Å². The molecule has 5 heteroatoms. The Balaban J connectivity index is 2.18. The number of rotatable bonds is 5. The smallest absolute Gasteiger partial charge is 0.127 e. The van der Waals surface area contributed by atoms with Crippen LogP contribution in [0.1, 0.15) is 24.5 Å². The molecule has 1 aromatic heterocycles. The maximum atomic E-state index is 13.3. The summed E-state index contributed by atoms with van der Waals surface area (Å²) in [6, 6.07) is 7.86. The van der Waals surface area contributed by atoms with Gasteiger partial charge in [0.15, 0.2) is 0 Å². The molecule has 2 rings (SSSR count). The molecule has 1 atom stereocenters. The van der Waals surface area contributed by atoms with E-state index in [4.69, 9.17) is 21.8 Å². The van der Waals surface area contributed by atoms with Gasteiger partial charge >= 0.3 is 0 Å². The molecule has 0 aliphatic heterocycles. The van der Waals surface area contributed by atoms with Crippen LogP contribution in [0.2, 0.25) is 5.02 Å². The number of hydrogen-bond donors (Lipinski definition) is 2. The first kappa shape index (κ1) is 13.9. The summed E-state index contributed by atoms with van der Waals surface area (Å²) in [6.07, 6.45) is 0.823. The zero-order valence-electron chi connectivity index (χ0n) is 10.6. The first-order valence-corrected chi connectivity index (χ1v) is 6.51. The Morgan fingerprint density at radius 3 is 2.74 bits per heavy atom. The number of benzene rings is 1. The molecule has 2 aromatic rings. The normalized spacial score (nSPS) is 12.4. The third-order valence-electron chi connectivity index (χ3n) is 2.81. The highest BCUT2D eigenvalue weighted by molar-refractivity contribution is 6.30. The second-order valence-electron chi connectivity index (χ2n) is 4.25. The van der Waals surface area contributed by atoms with Crippen LogP contribution in [0.25, 0.3) is 0 Å². The van der Waals surface area contributed by atoms with Gasteiger partial charge in [-0.3, -0.25) is 0 Å². The molecule has 0 amide bonds. The second-order valence-corrected chi connectivity index (χ2v) is 4.68. The van der Waals surface area contributed by atoms with Gasteiger partial charge < -0.3 is 15.5 Å². The lowest BCUT2D eigenvalue weighted by atomic mass is 10.2. The van der Waals surface area contributed by atoms with Crippen molar-refractivity contribution in [3.8, 4) is 0 Å². The minimum Gasteiger partial charge on any atom is -0.464 e. The molecule has 102 valence electrons. The van der Waals surface area contributed by atoms with Crippen molar-refractivity contribution in [2.75, 3.05) is 11.9 Å². The molecule has 0 saturated heterocycles. The summed E-state index contributed by atoms with van der Waals surface area (Å²) in [5, 5.41) is 3.46. The predicted octanol–water partition coefficient (Wildman–Crippen LogP) is 3.75. The fraction of sp³-hybridized carbons (Fsp3) is 0.286. The van der Waals surface area contributed by atoms with Crippen molar-refractivity contribution >= 4 is 17.3 Å². The summed E-state index contributed by atoms with van der Waals surface area (Å²) >= 11 is 5.81. The summed E-state index contributed by atoms with van der Waals surface area (Å²) in [5.74, 6) is 1.24. The summed E-state index contributed by atoms with van der Waals surface area (Å²) < 4.78 is 18.9. The lowest BCUT2D eigenvalue weighted by molar-refractivity contribution is 0.448. The Kier molecular flexibility index (Phi) is 4.45. The number of aryl methyl sites for hydroxylation is 1. The SMILES string of the molecule is CCc1ccc(C(CN)Nc2cc(F)cc(Cl)c2)o1. The van der Waals surface area contributed by atoms with Gasteiger partial charge in [0.1, 0.15) is 17.3 Å². The van der Waals surface area contributed by atoms with E-state index in [0.29, 0.717) is 17.3 Å². The molecule has 1 unspecified atom stereocenters. The van der Waals surface area contributed by atoms with E-state index in [2.05, 4.69) is 5.32 Å². The standard InChI is InChI=1S/C14H16ClFN2O/c1-2-12-3-4-14(19-12)13(8-17)18-11-6-9(15)5-10(16)7-11/h3-7,13,18H,2,8,17H2,1H3. The number of hydrogen-bond acceptors (Lipinski definition) is 3. The fourth-order valence-electron chi connectivity index (χ4n) is 1.86. The summed E-state index contributed by atoms with van der Waals surface area (Å²) in [4.78, 5) is 0. The highest BCUT2D eigenvalue weighted by atomic mass is 35.5. The van der Waals surface area contributed by atoms with E-state index in [1.165, 1.54) is 12.1 Å². The van der Waals surface area contributed by atoms with Gasteiger partial charge in [-0.2, -0.15) is 0 Å². The predicted molar refractivity (Wildman–Crippen MR) is 74.9 cm³/mol. The van der Waals surface area contributed by atoms with Crippen LogP contribution in [0.3, 0.4) is 0 Å². The minimum atomic E-state index is -0.389. The van der Waals surface area contributed by atoms with E-state index < -0.39 is 0 Å². The van der Waals surface area contributed by atoms with Crippen LogP contribution in [0.5, 0.6) is 0 Å². The molecule has 0 bridgehead atoms. The van der Waals surface area contributed by atoms with Crippen molar-refractivity contribution in [3.05, 3.63) is 52.7 Å². The van der Waals surface area contributed by atoms with Crippen LogP contribution in [-0.2, 0) is 6.42 Å². The van der Waals surface area contributed by atoms with Crippen molar-refractivity contribution in [2.24, 2.45) is 5.73 Å². The van der Waals surface area contributed by atoms with E-state index in [1.807, 2.05) is 19.1 Å². The maximum absolute atomic E-state index is 13.3. The zero-order valence-corrected chi connectivity index (χ0v) is 11.4. The number of furan rings is 1. The monoisotopic (exact) mass is 282 g/mol. The first-order chi connectivity index (χ1) is 9.12. The van der Waals surface area contributed by atoms with Crippen LogP contribution < -0.4 is 11.1 Å². The Morgan fingerprint density at radius 2 is 2.16 bits per heavy atom. The Bertz CT molecular complexity index is 536. The molecule has 1 heterocycles. The Hall–Kier alpha value is -1.52. The molecule has 19 heavy (non-hydrogen) atoms. The molecule has 0 radical (unpaired) electrons. The van der Waals surface area contributed by atoms with Crippen LogP contribution >= 0.6 is 11.6 Å². The molecule has 3 nitrogen and oxygen atoms in total. The lowest BCUT2D eigenvalue weighted by Gasteiger charge is -2.16. The van der Waals surface area contributed by atoms with Crippen molar-refractivity contribution < 1.29 is 8.81 Å². The fourth-order valence-corrected chi connectivity index (χ4v) is 2.08. The van der Waals surface area contributed by atoms with Gasteiger partial charge in [0.25, 0.3) is 0 Å². The van der Waals surface area contributed by atoms with Gasteiger partial charge in [-0.25, -0.2) is 4.39 Å². The third kappa shape index (κ3) is 3.49. The summed E-state index contributed by atoms with van der Waals surface area (Å²) in [6.45, 7) is 2.35. The second kappa shape index (κ2) is 6.08.